The van der Waals surface area contributed by atoms with Crippen molar-refractivity contribution in [3.05, 3.63) is 76.8 Å². The second-order valence-electron chi connectivity index (χ2n) is 18.1. The molecule has 4 aromatic rings. The van der Waals surface area contributed by atoms with Crippen LogP contribution in [0.5, 0.6) is 11.5 Å². The number of hydrogen-bond acceptors (Lipinski definition) is 11. The second-order valence-corrected chi connectivity index (χ2v) is 21.2. The van der Waals surface area contributed by atoms with Gasteiger partial charge in [-0.15, -0.1) is 11.3 Å². The monoisotopic (exact) mass is 867 g/mol. The van der Waals surface area contributed by atoms with Crippen LogP contribution in [0, 0.1) is 25.2 Å². The molecular weight excluding hydrogens is 811 g/mol. The van der Waals surface area contributed by atoms with Crippen molar-refractivity contribution < 1.29 is 32.3 Å². The Hall–Kier alpha value is -4.82. The molecule has 2 aromatic carbocycles. The Morgan fingerprint density at radius 1 is 1.03 bits per heavy atom. The van der Waals surface area contributed by atoms with Gasteiger partial charge < -0.3 is 19.7 Å². The molecule has 0 radical (unpaired) electrons. The summed E-state index contributed by atoms with van der Waals surface area (Å²) in [6.45, 7) is 9.94. The van der Waals surface area contributed by atoms with Crippen molar-refractivity contribution in [2.45, 2.75) is 128 Å². The number of pyridine rings is 1. The zero-order chi connectivity index (χ0) is 43.3. The van der Waals surface area contributed by atoms with Gasteiger partial charge in [0.1, 0.15) is 34.3 Å². The fourth-order valence-corrected chi connectivity index (χ4v) is 11.2. The minimum Gasteiger partial charge on any atom is -0.496 e. The molecule has 14 heteroatoms. The third-order valence-corrected chi connectivity index (χ3v) is 16.2. The molecular formula is C47H57N5O7S2. The number of hydrogen-bond donors (Lipinski definition) is 2. The Morgan fingerprint density at radius 2 is 1.84 bits per heavy atom. The number of amides is 2. The van der Waals surface area contributed by atoms with Gasteiger partial charge in [-0.25, -0.2) is 18.4 Å². The number of aromatic nitrogens is 2. The Morgan fingerprint density at radius 3 is 2.56 bits per heavy atom. The van der Waals surface area contributed by atoms with Crippen LogP contribution in [0.25, 0.3) is 21.6 Å². The molecule has 3 fully saturated rings. The smallest absolute Gasteiger partial charge is 0.245 e. The van der Waals surface area contributed by atoms with Gasteiger partial charge in [0.2, 0.25) is 21.8 Å². The summed E-state index contributed by atoms with van der Waals surface area (Å²) >= 11 is 1.52. The van der Waals surface area contributed by atoms with Crippen molar-refractivity contribution >= 4 is 55.5 Å². The van der Waals surface area contributed by atoms with Crippen LogP contribution in [0.2, 0.25) is 0 Å². The standard InChI is InChI=1S/C47H57N5O7S2/c1-28(2)37-27-60-43(50-37)36-23-41(34-17-18-40(58-6)30(4)42(34)49-36)59-33-22-38-39(53)25-47(45(55)51-61(56,57)46(5)19-20-46)24-31(47)14-10-8-7-9-11-16-35(44(54)52(38)26-33)48-32-15-12-13-29(3)21-32/h10,12-15,17-18,21,23,27-28,31,33,35,38,48H,7-9,11,16,19-20,22,24-26H2,1-6H3,(H,51,55)/b14-10-/t31-,33-,35+,38+,47-/m1/s1. The van der Waals surface area contributed by atoms with Crippen LogP contribution in [-0.4, -0.2) is 77.5 Å². The van der Waals surface area contributed by atoms with Crippen molar-refractivity contribution in [2.75, 3.05) is 19.0 Å². The van der Waals surface area contributed by atoms with E-state index in [0.29, 0.717) is 48.4 Å². The first kappa shape index (κ1) is 42.9. The number of allylic oxidation sites excluding steroid dienone is 2. The molecule has 8 rings (SSSR count). The van der Waals surface area contributed by atoms with E-state index in [1.54, 1.807) is 18.9 Å². The molecule has 2 aliphatic carbocycles. The van der Waals surface area contributed by atoms with Crippen molar-refractivity contribution in [1.82, 2.24) is 19.6 Å². The summed E-state index contributed by atoms with van der Waals surface area (Å²) in [5.41, 5.74) is 3.81. The van der Waals surface area contributed by atoms with Crippen molar-refractivity contribution in [3.8, 4) is 22.2 Å². The van der Waals surface area contributed by atoms with Crippen LogP contribution in [0.15, 0.2) is 60.0 Å². The van der Waals surface area contributed by atoms with Crippen LogP contribution in [0.1, 0.15) is 108 Å². The molecule has 5 atom stereocenters. The normalized spacial score (nSPS) is 25.9. The summed E-state index contributed by atoms with van der Waals surface area (Å²) in [7, 11) is -2.31. The quantitative estimate of drug-likeness (QED) is 0.148. The SMILES string of the molecule is COc1ccc2c(O[C@@H]3C[C@H]4C(=O)C[C@]5(C(=O)NS(=O)(=O)C6(C)CC6)C[C@H]5/C=C\CCCCC[C@H](Nc5cccc(C)c5)C(=O)N4C3)cc(-c3nc(C(C)C)cs3)nc2c1C. The highest BCUT2D eigenvalue weighted by Gasteiger charge is 2.62. The third kappa shape index (κ3) is 8.67. The van der Waals surface area contributed by atoms with E-state index in [4.69, 9.17) is 19.4 Å². The number of nitrogens with zero attached hydrogens (tertiary/aromatic N) is 3. The molecule has 0 bridgehead atoms. The lowest BCUT2D eigenvalue weighted by Crippen LogP contribution is -2.49. The molecule has 324 valence electrons. The molecule has 2 amide bonds. The number of anilines is 1. The molecule has 0 unspecified atom stereocenters. The fraction of sp³-hybridized carbons (Fsp3) is 0.511. The van der Waals surface area contributed by atoms with Gasteiger partial charge in [0.15, 0.2) is 5.78 Å². The van der Waals surface area contributed by atoms with Crippen LogP contribution >= 0.6 is 11.3 Å². The van der Waals surface area contributed by atoms with Gasteiger partial charge in [0, 0.05) is 40.9 Å². The summed E-state index contributed by atoms with van der Waals surface area (Å²) in [5.74, 6) is 0.0562. The average Bonchev–Trinajstić information content (AvgIpc) is 3.99. The van der Waals surface area contributed by atoms with E-state index in [0.717, 1.165) is 58.6 Å². The molecule has 1 saturated heterocycles. The van der Waals surface area contributed by atoms with E-state index >= 15 is 0 Å². The molecule has 0 spiro atoms. The molecule has 2 saturated carbocycles. The van der Waals surface area contributed by atoms with Crippen molar-refractivity contribution in [2.24, 2.45) is 11.3 Å². The molecule has 4 aliphatic rings. The largest absolute Gasteiger partial charge is 0.496 e. The number of benzene rings is 2. The summed E-state index contributed by atoms with van der Waals surface area (Å²) < 4.78 is 40.7. The maximum absolute atomic E-state index is 15.0. The minimum atomic E-state index is -3.94. The summed E-state index contributed by atoms with van der Waals surface area (Å²) in [4.78, 5) is 55.6. The Balaban J connectivity index is 1.15. The van der Waals surface area contributed by atoms with Gasteiger partial charge in [0.05, 0.1) is 41.1 Å². The molecule has 12 nitrogen and oxygen atoms in total. The van der Waals surface area contributed by atoms with Crippen LogP contribution in [0.3, 0.4) is 0 Å². The van der Waals surface area contributed by atoms with E-state index in [9.17, 15) is 22.8 Å². The average molecular weight is 868 g/mol. The lowest BCUT2D eigenvalue weighted by molar-refractivity contribution is -0.139. The number of thiazole rings is 1. The van der Waals surface area contributed by atoms with Crippen LogP contribution in [0.4, 0.5) is 5.69 Å². The van der Waals surface area contributed by atoms with E-state index in [-0.39, 0.29) is 42.9 Å². The highest BCUT2D eigenvalue weighted by Crippen LogP contribution is 2.57. The number of ether oxygens (including phenoxy) is 2. The minimum absolute atomic E-state index is 0.138. The highest BCUT2D eigenvalue weighted by atomic mass is 32.2. The number of methoxy groups -OCH3 is 1. The lowest BCUT2D eigenvalue weighted by atomic mass is 9.91. The van der Waals surface area contributed by atoms with Gasteiger partial charge >= 0.3 is 0 Å². The first-order chi connectivity index (χ1) is 29.1. The fourth-order valence-electron chi connectivity index (χ4n) is 8.88. The van der Waals surface area contributed by atoms with Gasteiger partial charge in [-0.1, -0.05) is 51.0 Å². The van der Waals surface area contributed by atoms with Gasteiger partial charge in [0.25, 0.3) is 0 Å². The van der Waals surface area contributed by atoms with Crippen molar-refractivity contribution in [3.63, 3.8) is 0 Å². The van der Waals surface area contributed by atoms with Gasteiger partial charge in [-0.05, 0) is 101 Å². The predicted molar refractivity (Wildman–Crippen MR) is 238 cm³/mol. The Kier molecular flexibility index (Phi) is 11.8. The molecule has 2 aliphatic heterocycles. The number of aryl methyl sites for hydroxylation is 2. The predicted octanol–water partition coefficient (Wildman–Crippen LogP) is 8.42. The Bertz CT molecular complexity index is 2500. The topological polar surface area (TPSA) is 157 Å². The van der Waals surface area contributed by atoms with Crippen LogP contribution in [-0.2, 0) is 24.4 Å². The van der Waals surface area contributed by atoms with E-state index < -0.39 is 44.3 Å². The molecule has 2 N–H and O–H groups in total. The number of nitrogens with one attached hydrogen (secondary N) is 2. The van der Waals surface area contributed by atoms with Gasteiger partial charge in [-0.2, -0.15) is 0 Å². The number of carbonyl (C=O) groups excluding carboxylic acids is 3. The van der Waals surface area contributed by atoms with E-state index in [2.05, 4.69) is 30.0 Å². The number of Topliss-reactive ketones (excluding diaryl/α,β-unsaturated/α-hetero) is 1. The first-order valence-corrected chi connectivity index (χ1v) is 24.0. The second kappa shape index (κ2) is 16.8. The third-order valence-electron chi connectivity index (χ3n) is 13.2. The first-order valence-electron chi connectivity index (χ1n) is 21.6. The molecule has 61 heavy (non-hydrogen) atoms. The number of carbonyl (C=O) groups is 3. The number of ketones is 1. The summed E-state index contributed by atoms with van der Waals surface area (Å²) in [5, 5.41) is 7.06. The zero-order valence-corrected chi connectivity index (χ0v) is 37.6. The highest BCUT2D eigenvalue weighted by molar-refractivity contribution is 7.91. The number of sulfonamides is 1. The lowest BCUT2D eigenvalue weighted by Gasteiger charge is -2.30. The maximum atomic E-state index is 15.0. The van der Waals surface area contributed by atoms with E-state index in [1.807, 2.05) is 67.8 Å². The van der Waals surface area contributed by atoms with Gasteiger partial charge in [-0.3, -0.25) is 19.1 Å². The molecule has 2 aromatic heterocycles. The molecule has 4 heterocycles. The summed E-state index contributed by atoms with van der Waals surface area (Å²) in [6.07, 6.45) is 8.71. The van der Waals surface area contributed by atoms with Crippen LogP contribution < -0.4 is 19.5 Å². The Labute approximate surface area is 363 Å². The van der Waals surface area contributed by atoms with E-state index in [1.165, 1.54) is 11.3 Å². The maximum Gasteiger partial charge on any atom is 0.245 e. The summed E-state index contributed by atoms with van der Waals surface area (Å²) in [6, 6.07) is 12.1. The number of rotatable bonds is 10. The van der Waals surface area contributed by atoms with Crippen molar-refractivity contribution in [1.29, 1.82) is 0 Å². The number of fused-ring (bicyclic) bond motifs is 3. The zero-order valence-electron chi connectivity index (χ0n) is 36.0.